The first kappa shape index (κ1) is 17.6. The molecule has 0 saturated carbocycles. The number of anilines is 1. The van der Waals surface area contributed by atoms with Crippen LogP contribution in [-0.4, -0.2) is 35.0 Å². The summed E-state index contributed by atoms with van der Waals surface area (Å²) in [6.07, 6.45) is 5.72. The van der Waals surface area contributed by atoms with Gasteiger partial charge in [-0.25, -0.2) is 0 Å². The second-order valence-electron chi connectivity index (χ2n) is 6.28. The molecule has 1 aromatic carbocycles. The Labute approximate surface area is 153 Å². The van der Waals surface area contributed by atoms with Crippen LogP contribution >= 0.6 is 0 Å². The molecule has 2 heterocycles. The van der Waals surface area contributed by atoms with Gasteiger partial charge in [0.15, 0.2) is 0 Å². The number of oxime groups is 1. The molecule has 0 fully saturated rings. The first-order chi connectivity index (χ1) is 12.7. The van der Waals surface area contributed by atoms with Crippen molar-refractivity contribution in [2.75, 3.05) is 19.0 Å². The van der Waals surface area contributed by atoms with E-state index in [1.807, 2.05) is 44.4 Å². The van der Waals surface area contributed by atoms with Gasteiger partial charge in [-0.15, -0.1) is 0 Å². The van der Waals surface area contributed by atoms with E-state index in [9.17, 15) is 5.21 Å². The number of hydrogen-bond donors (Lipinski definition) is 1. The van der Waals surface area contributed by atoms with Gasteiger partial charge in [0.25, 0.3) is 0 Å². The van der Waals surface area contributed by atoms with Gasteiger partial charge in [0.2, 0.25) is 0 Å². The molecule has 1 N–H and O–H groups in total. The normalized spacial score (nSPS) is 12.6. The first-order valence-corrected chi connectivity index (χ1v) is 8.48. The Bertz CT molecular complexity index is 846. The molecule has 5 heteroatoms. The Balaban J connectivity index is 1.96. The number of rotatable bonds is 6. The summed E-state index contributed by atoms with van der Waals surface area (Å²) >= 11 is 0. The number of nitrogens with zero attached hydrogens (tertiary/aromatic N) is 4. The fourth-order valence-corrected chi connectivity index (χ4v) is 2.93. The van der Waals surface area contributed by atoms with E-state index in [0.29, 0.717) is 12.1 Å². The van der Waals surface area contributed by atoms with E-state index in [1.165, 1.54) is 0 Å². The van der Waals surface area contributed by atoms with Crippen molar-refractivity contribution in [2.45, 2.75) is 12.3 Å². The van der Waals surface area contributed by atoms with Crippen LogP contribution in [0.2, 0.25) is 0 Å². The van der Waals surface area contributed by atoms with Crippen LogP contribution < -0.4 is 4.90 Å². The lowest BCUT2D eigenvalue weighted by molar-refractivity contribution is 0.317. The molecule has 2 aromatic heterocycles. The molecule has 0 aliphatic heterocycles. The molecule has 3 rings (SSSR count). The molecule has 3 aromatic rings. The predicted octanol–water partition coefficient (Wildman–Crippen LogP) is 3.94. The zero-order valence-electron chi connectivity index (χ0n) is 14.9. The SMILES string of the molecule is CN(C)c1ccc(C(C/C(=N\O)c2ccncc2)c2ccccn2)cc1. The van der Waals surface area contributed by atoms with E-state index in [1.54, 1.807) is 18.6 Å². The molecule has 0 saturated heterocycles. The van der Waals surface area contributed by atoms with Gasteiger partial charge >= 0.3 is 0 Å². The summed E-state index contributed by atoms with van der Waals surface area (Å²) in [6, 6.07) is 18.0. The smallest absolute Gasteiger partial charge is 0.0878 e. The summed E-state index contributed by atoms with van der Waals surface area (Å²) in [6.45, 7) is 0. The largest absolute Gasteiger partial charge is 0.411 e. The van der Waals surface area contributed by atoms with Crippen LogP contribution in [0.3, 0.4) is 0 Å². The number of hydrogen-bond acceptors (Lipinski definition) is 5. The van der Waals surface area contributed by atoms with Crippen molar-refractivity contribution in [2.24, 2.45) is 5.16 Å². The Hall–Kier alpha value is -3.21. The molecule has 1 atom stereocenters. The van der Waals surface area contributed by atoms with Crippen LogP contribution in [0.1, 0.15) is 29.2 Å². The summed E-state index contributed by atoms with van der Waals surface area (Å²) in [7, 11) is 4.04. The van der Waals surface area contributed by atoms with E-state index in [4.69, 9.17) is 0 Å². The zero-order valence-corrected chi connectivity index (χ0v) is 14.9. The van der Waals surface area contributed by atoms with Gasteiger partial charge in [0, 0.05) is 62.0 Å². The molecule has 0 spiro atoms. The lowest BCUT2D eigenvalue weighted by atomic mass is 9.88. The van der Waals surface area contributed by atoms with Gasteiger partial charge in [-0.3, -0.25) is 9.97 Å². The minimum Gasteiger partial charge on any atom is -0.411 e. The van der Waals surface area contributed by atoms with Crippen molar-refractivity contribution < 1.29 is 5.21 Å². The average Bonchev–Trinajstić information content (AvgIpc) is 2.70. The Morgan fingerprint density at radius 3 is 2.31 bits per heavy atom. The van der Waals surface area contributed by atoms with Crippen molar-refractivity contribution >= 4 is 11.4 Å². The molecule has 0 aliphatic carbocycles. The van der Waals surface area contributed by atoms with Crippen LogP contribution in [0.4, 0.5) is 5.69 Å². The molecular weight excluding hydrogens is 324 g/mol. The van der Waals surface area contributed by atoms with Gasteiger partial charge in [0.05, 0.1) is 5.71 Å². The van der Waals surface area contributed by atoms with Crippen molar-refractivity contribution in [1.29, 1.82) is 0 Å². The van der Waals surface area contributed by atoms with Crippen molar-refractivity contribution in [1.82, 2.24) is 9.97 Å². The third kappa shape index (κ3) is 4.06. The number of pyridine rings is 2. The molecule has 0 bridgehead atoms. The van der Waals surface area contributed by atoms with Gasteiger partial charge in [-0.05, 0) is 42.0 Å². The summed E-state index contributed by atoms with van der Waals surface area (Å²) in [5.74, 6) is -0.00789. The molecule has 26 heavy (non-hydrogen) atoms. The molecular formula is C21H22N4O. The van der Waals surface area contributed by atoms with Gasteiger partial charge in [0.1, 0.15) is 0 Å². The molecule has 0 aliphatic rings. The zero-order chi connectivity index (χ0) is 18.4. The van der Waals surface area contributed by atoms with Gasteiger partial charge in [-0.2, -0.15) is 0 Å². The summed E-state index contributed by atoms with van der Waals surface area (Å²) in [5, 5.41) is 13.1. The molecule has 0 radical (unpaired) electrons. The van der Waals surface area contributed by atoms with Crippen molar-refractivity contribution in [3.05, 3.63) is 90.0 Å². The molecule has 132 valence electrons. The third-order valence-electron chi connectivity index (χ3n) is 4.39. The maximum absolute atomic E-state index is 9.58. The molecule has 1 unspecified atom stereocenters. The van der Waals surface area contributed by atoms with Crippen LogP contribution in [0.15, 0.2) is 78.3 Å². The van der Waals surface area contributed by atoms with E-state index in [2.05, 4.69) is 44.3 Å². The second-order valence-corrected chi connectivity index (χ2v) is 6.28. The summed E-state index contributed by atoms with van der Waals surface area (Å²) in [4.78, 5) is 10.6. The van der Waals surface area contributed by atoms with Crippen molar-refractivity contribution in [3.8, 4) is 0 Å². The summed E-state index contributed by atoms with van der Waals surface area (Å²) in [5.41, 5.74) is 4.68. The maximum atomic E-state index is 9.58. The standard InChI is InChI=1S/C21H22N4O/c1-25(2)18-8-6-16(7-9-18)19(20-5-3-4-12-23-20)15-21(24-26)17-10-13-22-14-11-17/h3-14,19,26H,15H2,1-2H3/b24-21+. The Morgan fingerprint density at radius 1 is 1.00 bits per heavy atom. The quantitative estimate of drug-likeness (QED) is 0.417. The average molecular weight is 346 g/mol. The molecule has 5 nitrogen and oxygen atoms in total. The van der Waals surface area contributed by atoms with Crippen LogP contribution in [-0.2, 0) is 0 Å². The third-order valence-corrected chi connectivity index (χ3v) is 4.39. The minimum absolute atomic E-state index is 0.00789. The highest BCUT2D eigenvalue weighted by atomic mass is 16.4. The highest BCUT2D eigenvalue weighted by Gasteiger charge is 2.20. The van der Waals surface area contributed by atoms with Gasteiger partial charge < -0.3 is 10.1 Å². The monoisotopic (exact) mass is 346 g/mol. The van der Waals surface area contributed by atoms with E-state index >= 15 is 0 Å². The van der Waals surface area contributed by atoms with Crippen LogP contribution in [0, 0.1) is 0 Å². The number of benzene rings is 1. The Kier molecular flexibility index (Phi) is 5.59. The van der Waals surface area contributed by atoms with Gasteiger partial charge in [-0.1, -0.05) is 23.4 Å². The van der Waals surface area contributed by atoms with E-state index in [-0.39, 0.29) is 5.92 Å². The lowest BCUT2D eigenvalue weighted by Crippen LogP contribution is -2.12. The van der Waals surface area contributed by atoms with Crippen molar-refractivity contribution in [3.63, 3.8) is 0 Å². The van der Waals surface area contributed by atoms with Crippen LogP contribution in [0.25, 0.3) is 0 Å². The minimum atomic E-state index is -0.00789. The second kappa shape index (κ2) is 8.25. The fourth-order valence-electron chi connectivity index (χ4n) is 2.93. The lowest BCUT2D eigenvalue weighted by Gasteiger charge is -2.19. The van der Waals surface area contributed by atoms with Crippen LogP contribution in [0.5, 0.6) is 0 Å². The van der Waals surface area contributed by atoms with E-state index in [0.717, 1.165) is 22.5 Å². The predicted molar refractivity (Wildman–Crippen MR) is 104 cm³/mol. The van der Waals surface area contributed by atoms with E-state index < -0.39 is 0 Å². The topological polar surface area (TPSA) is 61.6 Å². The highest BCUT2D eigenvalue weighted by molar-refractivity contribution is 6.00. The Morgan fingerprint density at radius 2 is 1.73 bits per heavy atom. The highest BCUT2D eigenvalue weighted by Crippen LogP contribution is 2.29. The molecule has 0 amide bonds. The fraction of sp³-hybridized carbons (Fsp3) is 0.190. The summed E-state index contributed by atoms with van der Waals surface area (Å²) < 4.78 is 0. The maximum Gasteiger partial charge on any atom is 0.0878 e. The number of aromatic nitrogens is 2. The first-order valence-electron chi connectivity index (χ1n) is 8.48.